The van der Waals surface area contributed by atoms with Crippen molar-refractivity contribution in [1.29, 1.82) is 0 Å². The fourth-order valence-electron chi connectivity index (χ4n) is 2.57. The molecule has 0 aromatic carbocycles. The Labute approximate surface area is 133 Å². The van der Waals surface area contributed by atoms with Crippen LogP contribution in [0.3, 0.4) is 0 Å². The molecule has 0 radical (unpaired) electrons. The number of carbonyl (C=O) groups is 1. The number of esters is 1. The molecule has 0 aliphatic carbocycles. The van der Waals surface area contributed by atoms with Gasteiger partial charge in [0.05, 0.1) is 13.7 Å². The number of nitrogens with zero attached hydrogens (tertiary/aromatic N) is 1. The summed E-state index contributed by atoms with van der Waals surface area (Å²) in [7, 11) is -3.30. The van der Waals surface area contributed by atoms with Gasteiger partial charge >= 0.3 is 19.5 Å². The number of aromatic amines is 1. The van der Waals surface area contributed by atoms with E-state index in [1.807, 2.05) is 4.98 Å². The molecule has 3 heterocycles. The first-order valence-electron chi connectivity index (χ1n) is 6.67. The van der Waals surface area contributed by atoms with Gasteiger partial charge in [-0.3, -0.25) is 23.4 Å². The molecule has 0 amide bonds. The van der Waals surface area contributed by atoms with Crippen LogP contribution in [-0.2, 0) is 23.1 Å². The number of fused-ring (bicyclic) bond motifs is 1. The van der Waals surface area contributed by atoms with E-state index in [1.165, 1.54) is 0 Å². The zero-order valence-electron chi connectivity index (χ0n) is 12.1. The van der Waals surface area contributed by atoms with E-state index in [0.29, 0.717) is 4.57 Å². The highest BCUT2D eigenvalue weighted by Gasteiger charge is 2.53. The standard InChI is InChI=1S/C11H13N2O10P/c1-20-10(16)4-2-6(14)12-11(17)13(4)9-7(15)8-5(22-9)3-21-24(18,19)23-8/h2,5,7-9,15H,3H2,1H3,(H,18,19)(H,12,14,17)/t5-,7-,8-,9-/m1/s1. The van der Waals surface area contributed by atoms with Gasteiger partial charge in [0.1, 0.15) is 24.0 Å². The van der Waals surface area contributed by atoms with Crippen molar-refractivity contribution in [2.24, 2.45) is 0 Å². The Balaban J connectivity index is 2.04. The predicted molar refractivity (Wildman–Crippen MR) is 73.2 cm³/mol. The van der Waals surface area contributed by atoms with Crippen LogP contribution in [0.25, 0.3) is 0 Å². The Morgan fingerprint density at radius 1 is 1.50 bits per heavy atom. The molecule has 0 saturated carbocycles. The molecule has 2 fully saturated rings. The van der Waals surface area contributed by atoms with Crippen molar-refractivity contribution in [3.8, 4) is 0 Å². The summed E-state index contributed by atoms with van der Waals surface area (Å²) in [6.07, 6.45) is -5.25. The Morgan fingerprint density at radius 2 is 2.21 bits per heavy atom. The summed E-state index contributed by atoms with van der Waals surface area (Å²) in [6, 6.07) is 0.805. The van der Waals surface area contributed by atoms with Crippen LogP contribution < -0.4 is 11.2 Å². The molecule has 1 unspecified atom stereocenters. The van der Waals surface area contributed by atoms with Gasteiger partial charge < -0.3 is 19.5 Å². The van der Waals surface area contributed by atoms with Gasteiger partial charge in [-0.2, -0.15) is 0 Å². The van der Waals surface area contributed by atoms with Gasteiger partial charge in [-0.15, -0.1) is 0 Å². The van der Waals surface area contributed by atoms with Gasteiger partial charge in [0.25, 0.3) is 5.56 Å². The van der Waals surface area contributed by atoms with Crippen molar-refractivity contribution in [2.45, 2.75) is 24.5 Å². The Kier molecular flexibility index (Phi) is 4.20. The first kappa shape index (κ1) is 17.0. The molecule has 2 aliphatic heterocycles. The number of aromatic nitrogens is 2. The molecular formula is C11H13N2O10P. The van der Waals surface area contributed by atoms with Crippen LogP contribution in [0.5, 0.6) is 0 Å². The zero-order chi connectivity index (χ0) is 17.6. The van der Waals surface area contributed by atoms with Crippen molar-refractivity contribution in [3.63, 3.8) is 0 Å². The van der Waals surface area contributed by atoms with Crippen LogP contribution in [0.1, 0.15) is 16.7 Å². The SMILES string of the molecule is COC(=O)c1cc(=O)[nH]c(=O)n1[C@@H]1O[C@@H]2COP(=O)(O)O[C@H]2[C@H]1O. The van der Waals surface area contributed by atoms with E-state index in [-0.39, 0.29) is 6.61 Å². The van der Waals surface area contributed by atoms with Crippen LogP contribution in [-0.4, -0.2) is 57.5 Å². The van der Waals surface area contributed by atoms with Gasteiger partial charge in [-0.05, 0) is 0 Å². The quantitative estimate of drug-likeness (QED) is 0.398. The molecule has 12 nitrogen and oxygen atoms in total. The Hall–Kier alpha value is -1.82. The Morgan fingerprint density at radius 3 is 2.88 bits per heavy atom. The third-order valence-electron chi connectivity index (χ3n) is 3.59. The second kappa shape index (κ2) is 5.92. The summed E-state index contributed by atoms with van der Waals surface area (Å²) in [4.78, 5) is 46.6. The smallest absolute Gasteiger partial charge is 0.464 e. The molecule has 0 spiro atoms. The van der Waals surface area contributed by atoms with E-state index in [0.717, 1.165) is 13.2 Å². The molecular weight excluding hydrogens is 351 g/mol. The zero-order valence-corrected chi connectivity index (χ0v) is 13.0. The first-order chi connectivity index (χ1) is 11.2. The fraction of sp³-hybridized carbons (Fsp3) is 0.545. The maximum Gasteiger partial charge on any atom is 0.472 e. The van der Waals surface area contributed by atoms with E-state index in [2.05, 4.69) is 9.26 Å². The predicted octanol–water partition coefficient (Wildman–Crippen LogP) is -1.90. The minimum atomic E-state index is -4.35. The van der Waals surface area contributed by atoms with Crippen LogP contribution in [0.4, 0.5) is 0 Å². The van der Waals surface area contributed by atoms with E-state index in [1.54, 1.807) is 0 Å². The van der Waals surface area contributed by atoms with E-state index >= 15 is 0 Å². The van der Waals surface area contributed by atoms with Gasteiger partial charge in [0, 0.05) is 6.07 Å². The lowest BCUT2D eigenvalue weighted by atomic mass is 10.1. The number of hydrogen-bond donors (Lipinski definition) is 3. The summed E-state index contributed by atoms with van der Waals surface area (Å²) in [5.74, 6) is -1.01. The summed E-state index contributed by atoms with van der Waals surface area (Å²) in [5.41, 5.74) is -2.33. The van der Waals surface area contributed by atoms with Gasteiger partial charge in [-0.1, -0.05) is 0 Å². The van der Waals surface area contributed by atoms with Crippen molar-refractivity contribution in [2.75, 3.05) is 13.7 Å². The van der Waals surface area contributed by atoms with E-state index in [9.17, 15) is 28.9 Å². The second-order valence-corrected chi connectivity index (χ2v) is 6.48. The van der Waals surface area contributed by atoms with E-state index < -0.39 is 55.3 Å². The van der Waals surface area contributed by atoms with Crippen LogP contribution in [0.15, 0.2) is 15.7 Å². The summed E-state index contributed by atoms with van der Waals surface area (Å²) in [6.45, 7) is -0.363. The number of aliphatic hydroxyl groups is 1. The first-order valence-corrected chi connectivity index (χ1v) is 8.16. The monoisotopic (exact) mass is 364 g/mol. The number of phosphoric acid groups is 1. The summed E-state index contributed by atoms with van der Waals surface area (Å²) < 4.78 is 31.4. The minimum absolute atomic E-state index is 0.363. The molecule has 2 saturated heterocycles. The van der Waals surface area contributed by atoms with Crippen molar-refractivity contribution in [3.05, 3.63) is 32.6 Å². The second-order valence-electron chi connectivity index (χ2n) is 5.08. The average molecular weight is 364 g/mol. The molecule has 5 atom stereocenters. The van der Waals surface area contributed by atoms with Gasteiger partial charge in [0.15, 0.2) is 6.23 Å². The molecule has 3 rings (SSSR count). The van der Waals surface area contributed by atoms with Crippen molar-refractivity contribution >= 4 is 13.8 Å². The number of methoxy groups -OCH3 is 1. The van der Waals surface area contributed by atoms with Gasteiger partial charge in [-0.25, -0.2) is 14.2 Å². The number of H-pyrrole nitrogens is 1. The van der Waals surface area contributed by atoms with Crippen LogP contribution in [0, 0.1) is 0 Å². The molecule has 24 heavy (non-hydrogen) atoms. The maximum absolute atomic E-state index is 12.1. The number of aliphatic hydroxyl groups excluding tert-OH is 1. The molecule has 0 bridgehead atoms. The largest absolute Gasteiger partial charge is 0.472 e. The summed E-state index contributed by atoms with van der Waals surface area (Å²) in [5, 5.41) is 10.3. The highest BCUT2D eigenvalue weighted by atomic mass is 31.2. The number of phosphoric ester groups is 1. The normalized spacial score (nSPS) is 35.5. The van der Waals surface area contributed by atoms with Crippen molar-refractivity contribution in [1.82, 2.24) is 9.55 Å². The molecule has 3 N–H and O–H groups in total. The highest BCUT2D eigenvalue weighted by Crippen LogP contribution is 2.52. The number of nitrogens with one attached hydrogen (secondary N) is 1. The Bertz CT molecular complexity index is 831. The topological polar surface area (TPSA) is 166 Å². The molecule has 132 valence electrons. The number of ether oxygens (including phenoxy) is 2. The highest BCUT2D eigenvalue weighted by molar-refractivity contribution is 7.47. The molecule has 1 aromatic rings. The lowest BCUT2D eigenvalue weighted by Gasteiger charge is -2.27. The fourth-order valence-corrected chi connectivity index (χ4v) is 3.53. The lowest BCUT2D eigenvalue weighted by Crippen LogP contribution is -2.42. The third-order valence-corrected chi connectivity index (χ3v) is 4.58. The third kappa shape index (κ3) is 2.83. The summed E-state index contributed by atoms with van der Waals surface area (Å²) >= 11 is 0. The number of carbonyl (C=O) groups excluding carboxylic acids is 1. The molecule has 13 heteroatoms. The maximum atomic E-state index is 12.1. The number of hydrogen-bond acceptors (Lipinski definition) is 9. The van der Waals surface area contributed by atoms with Crippen molar-refractivity contribution < 1.29 is 37.9 Å². The lowest BCUT2D eigenvalue weighted by molar-refractivity contribution is -0.0692. The average Bonchev–Trinajstić information content (AvgIpc) is 2.81. The molecule has 2 aliphatic rings. The van der Waals surface area contributed by atoms with E-state index in [4.69, 9.17) is 9.26 Å². The molecule has 1 aromatic heterocycles. The van der Waals surface area contributed by atoms with Crippen LogP contribution in [0.2, 0.25) is 0 Å². The number of rotatable bonds is 2. The minimum Gasteiger partial charge on any atom is -0.464 e. The van der Waals surface area contributed by atoms with Gasteiger partial charge in [0.2, 0.25) is 0 Å². The van der Waals surface area contributed by atoms with Crippen LogP contribution >= 0.6 is 7.82 Å².